The van der Waals surface area contributed by atoms with Crippen LogP contribution in [-0.4, -0.2) is 18.3 Å². The third kappa shape index (κ3) is 5.41. The Morgan fingerprint density at radius 3 is 0.875 bits per heavy atom. The van der Waals surface area contributed by atoms with E-state index < -0.39 is 0 Å². The van der Waals surface area contributed by atoms with Gasteiger partial charge in [-0.15, -0.1) is 0 Å². The quantitative estimate of drug-likeness (QED) is 0.161. The summed E-state index contributed by atoms with van der Waals surface area (Å²) in [7, 11) is 0. The van der Waals surface area contributed by atoms with Crippen molar-refractivity contribution < 1.29 is 0 Å². The molecule has 330 valence electrons. The number of nitrogens with zero attached hydrogens (tertiary/aromatic N) is 8. The highest BCUT2D eigenvalue weighted by molar-refractivity contribution is 6.15. The predicted octanol–water partition coefficient (Wildman–Crippen LogP) is 16.6. The van der Waals surface area contributed by atoms with Crippen LogP contribution in [-0.2, 0) is 0 Å². The second-order valence-corrected chi connectivity index (χ2v) is 18.0. The van der Waals surface area contributed by atoms with E-state index in [-0.39, 0.29) is 22.5 Å². The lowest BCUT2D eigenvalue weighted by molar-refractivity contribution is 1.09. The molecule has 4 heterocycles. The van der Waals surface area contributed by atoms with Crippen LogP contribution in [0.5, 0.6) is 0 Å². The highest BCUT2D eigenvalue weighted by atomic mass is 15.1. The van der Waals surface area contributed by atoms with Crippen LogP contribution in [0.3, 0.4) is 0 Å². The Morgan fingerprint density at radius 1 is 0.306 bits per heavy atom. The summed E-state index contributed by atoms with van der Waals surface area (Å²) in [5.74, 6) is 0. The monoisotopic (exact) mass is 914 g/mol. The fourth-order valence-corrected chi connectivity index (χ4v) is 11.6. The summed E-state index contributed by atoms with van der Waals surface area (Å²) >= 11 is 0. The molecule has 4 aromatic heterocycles. The Bertz CT molecular complexity index is 4350. The second-order valence-electron chi connectivity index (χ2n) is 18.0. The largest absolute Gasteiger partial charge is 0.317 e. The Morgan fingerprint density at radius 2 is 0.569 bits per heavy atom. The minimum absolute atomic E-state index is 0.0732. The summed E-state index contributed by atoms with van der Waals surface area (Å²) in [6, 6.07) is 74.6. The molecule has 8 nitrogen and oxygen atoms in total. The van der Waals surface area contributed by atoms with Gasteiger partial charge < -0.3 is 18.3 Å². The van der Waals surface area contributed by atoms with Crippen LogP contribution in [0, 0.1) is 35.8 Å². The van der Waals surface area contributed by atoms with Gasteiger partial charge in [0, 0.05) is 43.1 Å². The molecule has 0 N–H and O–H groups in total. The lowest BCUT2D eigenvalue weighted by Crippen LogP contribution is -2.09. The topological polar surface area (TPSA) is 76.0 Å². The van der Waals surface area contributed by atoms with Gasteiger partial charge in [-0.05, 0) is 71.8 Å². The average molecular weight is 915 g/mol. The first-order chi connectivity index (χ1) is 35.6. The number of hydrogen-bond acceptors (Lipinski definition) is 2. The maximum Gasteiger partial charge on any atom is 0.230 e. The fraction of sp³-hybridized carbons (Fsp3) is 0. The number of para-hydroxylation sites is 8. The SMILES string of the molecule is [C-]#[N+]c1c(-c2cc(-n3c4ccccc4c4ccccc43)c(-n3c4ccccc4c4ccccc43)c([N+]#[C-])c2C#N)cc(-n2c3ccccc3c3ccccc32)c(-n2c3ccccc3c3ccccc32)c1C#N. The van der Waals surface area contributed by atoms with E-state index in [0.29, 0.717) is 33.9 Å². The third-order valence-electron chi connectivity index (χ3n) is 14.5. The van der Waals surface area contributed by atoms with Crippen molar-refractivity contribution in [2.24, 2.45) is 0 Å². The maximum atomic E-state index is 11.8. The summed E-state index contributed by atoms with van der Waals surface area (Å²) in [5.41, 5.74) is 10.6. The predicted molar refractivity (Wildman–Crippen MR) is 291 cm³/mol. The Labute approximate surface area is 411 Å². The average Bonchev–Trinajstić information content (AvgIpc) is 4.17. The molecule has 8 heteroatoms. The summed E-state index contributed by atoms with van der Waals surface area (Å²) < 4.78 is 8.60. The zero-order valence-electron chi connectivity index (χ0n) is 38.2. The van der Waals surface area contributed by atoms with E-state index in [0.717, 1.165) is 87.2 Å². The first-order valence-electron chi connectivity index (χ1n) is 23.5. The van der Waals surface area contributed by atoms with Crippen LogP contribution in [0.4, 0.5) is 11.4 Å². The Kier molecular flexibility index (Phi) is 8.67. The second kappa shape index (κ2) is 15.4. The van der Waals surface area contributed by atoms with E-state index in [1.54, 1.807) is 0 Å². The van der Waals surface area contributed by atoms with Gasteiger partial charge in [-0.25, -0.2) is 9.69 Å². The highest BCUT2D eigenvalue weighted by Crippen LogP contribution is 2.51. The van der Waals surface area contributed by atoms with Crippen molar-refractivity contribution in [3.8, 4) is 46.0 Å². The van der Waals surface area contributed by atoms with Crippen molar-refractivity contribution in [1.82, 2.24) is 18.3 Å². The zero-order valence-corrected chi connectivity index (χ0v) is 38.2. The van der Waals surface area contributed by atoms with Crippen molar-refractivity contribution in [2.75, 3.05) is 0 Å². The van der Waals surface area contributed by atoms with E-state index in [2.05, 4.69) is 137 Å². The molecule has 0 saturated heterocycles. The number of nitriles is 2. The van der Waals surface area contributed by atoms with Crippen LogP contribution in [0.2, 0.25) is 0 Å². The zero-order chi connectivity index (χ0) is 48.2. The molecule has 10 aromatic carbocycles. The van der Waals surface area contributed by atoms with Crippen molar-refractivity contribution >= 4 is 98.6 Å². The Balaban J connectivity index is 1.21. The third-order valence-corrected chi connectivity index (χ3v) is 14.5. The first-order valence-corrected chi connectivity index (χ1v) is 23.5. The molecule has 72 heavy (non-hydrogen) atoms. The summed E-state index contributed by atoms with van der Waals surface area (Å²) in [5, 5.41) is 31.6. The van der Waals surface area contributed by atoms with Crippen molar-refractivity contribution in [3.05, 3.63) is 240 Å². The molecule has 0 radical (unpaired) electrons. The van der Waals surface area contributed by atoms with Gasteiger partial charge in [0.05, 0.1) is 103 Å². The molecule has 0 amide bonds. The molecule has 14 rings (SSSR count). The highest BCUT2D eigenvalue weighted by Gasteiger charge is 2.31. The fourth-order valence-electron chi connectivity index (χ4n) is 11.6. The van der Waals surface area contributed by atoms with Crippen LogP contribution in [0.1, 0.15) is 11.1 Å². The normalized spacial score (nSPS) is 11.6. The smallest absolute Gasteiger partial charge is 0.230 e. The molecule has 0 aliphatic rings. The van der Waals surface area contributed by atoms with Gasteiger partial charge in [0.15, 0.2) is 0 Å². The van der Waals surface area contributed by atoms with Crippen LogP contribution < -0.4 is 0 Å². The van der Waals surface area contributed by atoms with E-state index in [4.69, 9.17) is 6.57 Å². The van der Waals surface area contributed by atoms with Gasteiger partial charge in [0.2, 0.25) is 11.4 Å². The summed E-state index contributed by atoms with van der Waals surface area (Å²) in [4.78, 5) is 8.63. The van der Waals surface area contributed by atoms with Gasteiger partial charge in [-0.3, -0.25) is 0 Å². The first kappa shape index (κ1) is 40.4. The van der Waals surface area contributed by atoms with Gasteiger partial charge in [0.1, 0.15) is 0 Å². The van der Waals surface area contributed by atoms with Crippen molar-refractivity contribution in [2.45, 2.75) is 0 Å². The maximum absolute atomic E-state index is 11.8. The molecule has 0 unspecified atom stereocenters. The van der Waals surface area contributed by atoms with Crippen molar-refractivity contribution in [3.63, 3.8) is 0 Å². The Hall–Kier alpha value is -10.6. The molecule has 0 bridgehead atoms. The standard InChI is InChI=1S/C64H34N8/c1-67-61-48(36-59(69-51-27-11-3-19-39(51)40-20-4-12-28-52(40)69)63(50(61)38-66)71-55-31-15-7-23-43(55)44-24-8-16-32-56(44)71)47-35-60(70-53-29-13-5-21-41(53)42-22-6-14-30-54(42)70)64(62(68-2)49(47)37-65)72-57-33-17-9-25-45(57)46-26-10-18-34-58(46)72/h3-36H. The number of aromatic nitrogens is 4. The number of hydrogen-bond donors (Lipinski definition) is 0. The van der Waals surface area contributed by atoms with Gasteiger partial charge in [-0.1, -0.05) is 146 Å². The van der Waals surface area contributed by atoms with Crippen LogP contribution in [0.25, 0.3) is 131 Å². The van der Waals surface area contributed by atoms with E-state index in [1.807, 2.05) is 109 Å². The van der Waals surface area contributed by atoms with E-state index >= 15 is 0 Å². The molecule has 0 aliphatic heterocycles. The number of fused-ring (bicyclic) bond motifs is 12. The molecule has 0 saturated carbocycles. The molecule has 0 fully saturated rings. The lowest BCUT2D eigenvalue weighted by Gasteiger charge is -2.24. The molecule has 0 aliphatic carbocycles. The minimum atomic E-state index is 0.0732. The van der Waals surface area contributed by atoms with Gasteiger partial charge >= 0.3 is 0 Å². The summed E-state index contributed by atoms with van der Waals surface area (Å²) in [6.07, 6.45) is 0. The van der Waals surface area contributed by atoms with Crippen LogP contribution in [0.15, 0.2) is 206 Å². The van der Waals surface area contributed by atoms with E-state index in [1.165, 1.54) is 0 Å². The van der Waals surface area contributed by atoms with Gasteiger partial charge in [0.25, 0.3) is 0 Å². The molecule has 0 atom stereocenters. The van der Waals surface area contributed by atoms with Crippen LogP contribution >= 0.6 is 0 Å². The van der Waals surface area contributed by atoms with E-state index in [9.17, 15) is 17.1 Å². The van der Waals surface area contributed by atoms with Crippen molar-refractivity contribution in [1.29, 1.82) is 10.5 Å². The lowest BCUT2D eigenvalue weighted by atomic mass is 9.91. The minimum Gasteiger partial charge on any atom is -0.317 e. The molecular weight excluding hydrogens is 881 g/mol. The summed E-state index contributed by atoms with van der Waals surface area (Å²) in [6.45, 7) is 18.3. The molecule has 14 aromatic rings. The molecular formula is C64H34N8. The number of benzene rings is 10. The number of rotatable bonds is 5. The van der Waals surface area contributed by atoms with Gasteiger partial charge in [-0.2, -0.15) is 10.5 Å². The molecule has 0 spiro atoms.